The van der Waals surface area contributed by atoms with Crippen LogP contribution in [-0.2, 0) is 14.8 Å². The molecule has 2 aromatic carbocycles. The summed E-state index contributed by atoms with van der Waals surface area (Å²) in [5.74, 6) is -1.35. The van der Waals surface area contributed by atoms with Gasteiger partial charge in [0.15, 0.2) is 0 Å². The molecule has 0 unspecified atom stereocenters. The Balaban J connectivity index is 2.29. The average Bonchev–Trinajstić information content (AvgIpc) is 2.49. The molecule has 0 fully saturated rings. The normalized spacial score (nSPS) is 11.2. The number of carbonyl (C=O) groups is 1. The molecule has 2 aromatic rings. The van der Waals surface area contributed by atoms with Gasteiger partial charge in [-0.05, 0) is 30.3 Å². The van der Waals surface area contributed by atoms with E-state index in [0.29, 0.717) is 0 Å². The number of amides is 1. The smallest absolute Gasteiger partial charge is 0.245 e. The van der Waals surface area contributed by atoms with E-state index in [2.05, 4.69) is 5.32 Å². The Kier molecular flexibility index (Phi) is 5.69. The maximum Gasteiger partial charge on any atom is 0.245 e. The fourth-order valence-corrected chi connectivity index (χ4v) is 3.24. The lowest BCUT2D eigenvalue weighted by atomic mass is 10.3. The van der Waals surface area contributed by atoms with Crippen molar-refractivity contribution in [3.8, 4) is 0 Å². The van der Waals surface area contributed by atoms with Crippen molar-refractivity contribution in [2.24, 2.45) is 0 Å². The van der Waals surface area contributed by atoms with Gasteiger partial charge in [0, 0.05) is 5.02 Å². The van der Waals surface area contributed by atoms with Crippen molar-refractivity contribution in [2.75, 3.05) is 22.4 Å². The molecule has 5 nitrogen and oxygen atoms in total. The summed E-state index contributed by atoms with van der Waals surface area (Å²) in [6, 6.07) is 9.81. The molecule has 0 radical (unpaired) electrons. The molecule has 1 N–H and O–H groups in total. The Bertz CT molecular complexity index is 875. The maximum absolute atomic E-state index is 13.6. The predicted molar refractivity (Wildman–Crippen MR) is 93.7 cm³/mol. The van der Waals surface area contributed by atoms with Gasteiger partial charge in [-0.1, -0.05) is 35.3 Å². The lowest BCUT2D eigenvalue weighted by Crippen LogP contribution is -2.37. The van der Waals surface area contributed by atoms with Gasteiger partial charge in [-0.3, -0.25) is 9.10 Å². The topological polar surface area (TPSA) is 66.5 Å². The molecular weight excluding hydrogens is 378 g/mol. The first-order valence-corrected chi connectivity index (χ1v) is 9.26. The number of carbonyl (C=O) groups excluding carboxylic acids is 1. The zero-order valence-electron chi connectivity index (χ0n) is 12.5. The Morgan fingerprint density at radius 2 is 1.88 bits per heavy atom. The zero-order valence-corrected chi connectivity index (χ0v) is 14.8. The van der Waals surface area contributed by atoms with E-state index in [0.717, 1.165) is 10.6 Å². The van der Waals surface area contributed by atoms with Crippen LogP contribution in [-0.4, -0.2) is 27.1 Å². The summed E-state index contributed by atoms with van der Waals surface area (Å²) in [5, 5.41) is 2.70. The lowest BCUT2D eigenvalue weighted by Gasteiger charge is -2.23. The minimum absolute atomic E-state index is 0.0480. The summed E-state index contributed by atoms with van der Waals surface area (Å²) in [4.78, 5) is 12.1. The molecule has 0 aliphatic carbocycles. The van der Waals surface area contributed by atoms with Crippen molar-refractivity contribution in [2.45, 2.75) is 0 Å². The third kappa shape index (κ3) is 4.59. The number of hydrogen-bond donors (Lipinski definition) is 1. The Morgan fingerprint density at radius 1 is 1.21 bits per heavy atom. The second-order valence-electron chi connectivity index (χ2n) is 4.89. The second kappa shape index (κ2) is 7.38. The SMILES string of the molecule is CS(=O)(=O)N(CC(=O)Nc1ccccc1F)c1cc(Cl)ccc1Cl. The molecule has 0 bridgehead atoms. The number of rotatable bonds is 5. The first-order chi connectivity index (χ1) is 11.2. The molecule has 0 saturated carbocycles. The highest BCUT2D eigenvalue weighted by atomic mass is 35.5. The van der Waals surface area contributed by atoms with Gasteiger partial charge in [0.05, 0.1) is 22.7 Å². The number of para-hydroxylation sites is 1. The summed E-state index contributed by atoms with van der Waals surface area (Å²) in [7, 11) is -3.82. The van der Waals surface area contributed by atoms with Gasteiger partial charge in [-0.2, -0.15) is 0 Å². The summed E-state index contributed by atoms with van der Waals surface area (Å²) >= 11 is 11.9. The summed E-state index contributed by atoms with van der Waals surface area (Å²) < 4.78 is 38.4. The minimum Gasteiger partial charge on any atom is -0.322 e. The highest BCUT2D eigenvalue weighted by molar-refractivity contribution is 7.92. The lowest BCUT2D eigenvalue weighted by molar-refractivity contribution is -0.114. The van der Waals surface area contributed by atoms with Crippen LogP contribution in [0.4, 0.5) is 15.8 Å². The van der Waals surface area contributed by atoms with Crippen LogP contribution >= 0.6 is 23.2 Å². The van der Waals surface area contributed by atoms with Crippen molar-refractivity contribution in [3.63, 3.8) is 0 Å². The molecule has 24 heavy (non-hydrogen) atoms. The molecule has 0 saturated heterocycles. The van der Waals surface area contributed by atoms with Crippen LogP contribution in [0.5, 0.6) is 0 Å². The van der Waals surface area contributed by atoms with Gasteiger partial charge in [0.1, 0.15) is 12.4 Å². The fraction of sp³-hybridized carbons (Fsp3) is 0.133. The summed E-state index contributed by atoms with van der Waals surface area (Å²) in [6.45, 7) is -0.576. The highest BCUT2D eigenvalue weighted by Crippen LogP contribution is 2.30. The molecule has 0 spiro atoms. The number of sulfonamides is 1. The van der Waals surface area contributed by atoms with Gasteiger partial charge in [0.25, 0.3) is 0 Å². The van der Waals surface area contributed by atoms with E-state index in [4.69, 9.17) is 23.2 Å². The standard InChI is InChI=1S/C15H13Cl2FN2O3S/c1-24(22,23)20(14-8-10(16)6-7-11(14)17)9-15(21)19-13-5-3-2-4-12(13)18/h2-8H,9H2,1H3,(H,19,21). The second-order valence-corrected chi connectivity index (χ2v) is 7.64. The van der Waals surface area contributed by atoms with Crippen LogP contribution in [0.15, 0.2) is 42.5 Å². The van der Waals surface area contributed by atoms with E-state index in [1.165, 1.54) is 36.4 Å². The number of hydrogen-bond acceptors (Lipinski definition) is 3. The fourth-order valence-electron chi connectivity index (χ4n) is 1.94. The molecule has 0 heterocycles. The van der Waals surface area contributed by atoms with Gasteiger partial charge in [0.2, 0.25) is 15.9 Å². The van der Waals surface area contributed by atoms with Crippen LogP contribution in [0.3, 0.4) is 0 Å². The third-order valence-electron chi connectivity index (χ3n) is 3.01. The zero-order chi connectivity index (χ0) is 17.9. The van der Waals surface area contributed by atoms with Crippen molar-refractivity contribution in [1.82, 2.24) is 0 Å². The van der Waals surface area contributed by atoms with Crippen molar-refractivity contribution in [1.29, 1.82) is 0 Å². The molecule has 0 aliphatic rings. The molecule has 0 atom stereocenters. The number of anilines is 2. The third-order valence-corrected chi connectivity index (χ3v) is 4.69. The van der Waals surface area contributed by atoms with E-state index >= 15 is 0 Å². The molecule has 1 amide bonds. The quantitative estimate of drug-likeness (QED) is 0.848. The van der Waals surface area contributed by atoms with Crippen LogP contribution in [0.1, 0.15) is 0 Å². The Labute approximate surface area is 149 Å². The van der Waals surface area contributed by atoms with E-state index in [1.807, 2.05) is 0 Å². The van der Waals surface area contributed by atoms with Crippen LogP contribution < -0.4 is 9.62 Å². The summed E-state index contributed by atoms with van der Waals surface area (Å²) in [6.07, 6.45) is 0.931. The minimum atomic E-state index is -3.82. The summed E-state index contributed by atoms with van der Waals surface area (Å²) in [5.41, 5.74) is 0.0171. The number of benzene rings is 2. The molecule has 9 heteroatoms. The van der Waals surface area contributed by atoms with Crippen LogP contribution in [0.25, 0.3) is 0 Å². The van der Waals surface area contributed by atoms with E-state index < -0.39 is 28.3 Å². The van der Waals surface area contributed by atoms with Gasteiger partial charge < -0.3 is 5.32 Å². The average molecular weight is 391 g/mol. The Hall–Kier alpha value is -1.83. The molecule has 0 aliphatic heterocycles. The maximum atomic E-state index is 13.6. The van der Waals surface area contributed by atoms with E-state index in [-0.39, 0.29) is 21.4 Å². The monoisotopic (exact) mass is 390 g/mol. The van der Waals surface area contributed by atoms with Crippen molar-refractivity contribution in [3.05, 3.63) is 58.3 Å². The molecule has 128 valence electrons. The van der Waals surface area contributed by atoms with E-state index in [9.17, 15) is 17.6 Å². The predicted octanol–water partition coefficient (Wildman–Crippen LogP) is 3.54. The van der Waals surface area contributed by atoms with Crippen molar-refractivity contribution < 1.29 is 17.6 Å². The molecular formula is C15H13Cl2FN2O3S. The first-order valence-electron chi connectivity index (χ1n) is 6.65. The number of halogens is 3. The van der Waals surface area contributed by atoms with Gasteiger partial charge >= 0.3 is 0 Å². The Morgan fingerprint density at radius 3 is 2.50 bits per heavy atom. The van der Waals surface area contributed by atoms with Crippen LogP contribution in [0, 0.1) is 5.82 Å². The van der Waals surface area contributed by atoms with E-state index in [1.54, 1.807) is 6.07 Å². The first kappa shape index (κ1) is 18.5. The van der Waals surface area contributed by atoms with Crippen LogP contribution in [0.2, 0.25) is 10.0 Å². The van der Waals surface area contributed by atoms with Gasteiger partial charge in [-0.15, -0.1) is 0 Å². The largest absolute Gasteiger partial charge is 0.322 e. The molecule has 0 aromatic heterocycles. The molecule has 2 rings (SSSR count). The van der Waals surface area contributed by atoms with Gasteiger partial charge in [-0.25, -0.2) is 12.8 Å². The number of nitrogens with zero attached hydrogens (tertiary/aromatic N) is 1. The van der Waals surface area contributed by atoms with Crippen molar-refractivity contribution >= 4 is 50.5 Å². The highest BCUT2D eigenvalue weighted by Gasteiger charge is 2.23. The number of nitrogens with one attached hydrogen (secondary N) is 1.